The lowest BCUT2D eigenvalue weighted by atomic mass is 10.4. The fraction of sp³-hybridized carbons (Fsp3) is 0.556. The summed E-state index contributed by atoms with van der Waals surface area (Å²) in [4.78, 5) is 8.47. The molecule has 0 aliphatic heterocycles. The molecule has 0 amide bonds. The van der Waals surface area contributed by atoms with Crippen molar-refractivity contribution in [3.05, 3.63) is 11.8 Å². The van der Waals surface area contributed by atoms with Crippen LogP contribution in [-0.4, -0.2) is 36.5 Å². The zero-order valence-electron chi connectivity index (χ0n) is 8.70. The van der Waals surface area contributed by atoms with Crippen molar-refractivity contribution in [1.82, 2.24) is 9.97 Å². The SMILES string of the molecule is CNc1ncc(C)c(SCCOC)n1. The number of ether oxygens (including phenoxy) is 1. The summed E-state index contributed by atoms with van der Waals surface area (Å²) in [7, 11) is 3.51. The molecule has 1 rings (SSSR count). The Morgan fingerprint density at radius 1 is 1.57 bits per heavy atom. The van der Waals surface area contributed by atoms with Crippen LogP contribution in [-0.2, 0) is 4.74 Å². The molecule has 1 N–H and O–H groups in total. The normalized spacial score (nSPS) is 10.2. The summed E-state index contributed by atoms with van der Waals surface area (Å²) in [6.45, 7) is 2.75. The van der Waals surface area contributed by atoms with Crippen LogP contribution in [0.1, 0.15) is 5.56 Å². The Hall–Kier alpha value is -0.810. The van der Waals surface area contributed by atoms with Crippen molar-refractivity contribution in [3.8, 4) is 0 Å². The van der Waals surface area contributed by atoms with Gasteiger partial charge in [-0.15, -0.1) is 11.8 Å². The molecule has 1 aromatic heterocycles. The second-order valence-electron chi connectivity index (χ2n) is 2.77. The number of nitrogens with zero attached hydrogens (tertiary/aromatic N) is 2. The van der Waals surface area contributed by atoms with Crippen LogP contribution < -0.4 is 5.32 Å². The Kier molecular flexibility index (Phi) is 4.69. The van der Waals surface area contributed by atoms with Gasteiger partial charge in [-0.2, -0.15) is 0 Å². The van der Waals surface area contributed by atoms with Gasteiger partial charge in [0, 0.05) is 26.1 Å². The van der Waals surface area contributed by atoms with Crippen molar-refractivity contribution in [1.29, 1.82) is 0 Å². The minimum Gasteiger partial charge on any atom is -0.384 e. The molecule has 0 aliphatic carbocycles. The summed E-state index contributed by atoms with van der Waals surface area (Å²) in [5, 5.41) is 3.93. The van der Waals surface area contributed by atoms with E-state index in [2.05, 4.69) is 15.3 Å². The standard InChI is InChI=1S/C9H15N3OS/c1-7-6-11-9(10-2)12-8(7)14-5-4-13-3/h6H,4-5H2,1-3H3,(H,10,11,12). The molecule has 0 atom stereocenters. The number of thioether (sulfide) groups is 1. The summed E-state index contributed by atoms with van der Waals surface area (Å²) >= 11 is 1.69. The lowest BCUT2D eigenvalue weighted by Crippen LogP contribution is -2.00. The van der Waals surface area contributed by atoms with E-state index >= 15 is 0 Å². The van der Waals surface area contributed by atoms with Crippen LogP contribution in [0.4, 0.5) is 5.95 Å². The van der Waals surface area contributed by atoms with Gasteiger partial charge in [0.15, 0.2) is 0 Å². The Morgan fingerprint density at radius 2 is 2.36 bits per heavy atom. The lowest BCUT2D eigenvalue weighted by Gasteiger charge is -2.05. The molecule has 0 radical (unpaired) electrons. The molecular weight excluding hydrogens is 198 g/mol. The highest BCUT2D eigenvalue weighted by Gasteiger charge is 2.02. The summed E-state index contributed by atoms with van der Waals surface area (Å²) in [5.74, 6) is 1.58. The highest BCUT2D eigenvalue weighted by molar-refractivity contribution is 7.99. The number of methoxy groups -OCH3 is 1. The smallest absolute Gasteiger partial charge is 0.223 e. The fourth-order valence-electron chi connectivity index (χ4n) is 0.915. The fourth-order valence-corrected chi connectivity index (χ4v) is 1.79. The molecule has 5 heteroatoms. The highest BCUT2D eigenvalue weighted by atomic mass is 32.2. The van der Waals surface area contributed by atoms with Gasteiger partial charge in [0.2, 0.25) is 5.95 Å². The van der Waals surface area contributed by atoms with Gasteiger partial charge in [-0.05, 0) is 12.5 Å². The van der Waals surface area contributed by atoms with Gasteiger partial charge in [0.05, 0.1) is 6.61 Å². The highest BCUT2D eigenvalue weighted by Crippen LogP contribution is 2.19. The Labute approximate surface area is 88.5 Å². The number of rotatable bonds is 5. The minimum atomic E-state index is 0.663. The first kappa shape index (κ1) is 11.3. The van der Waals surface area contributed by atoms with Crippen LogP contribution in [0, 0.1) is 6.92 Å². The quantitative estimate of drug-likeness (QED) is 0.457. The van der Waals surface area contributed by atoms with Crippen molar-refractivity contribution in [2.24, 2.45) is 0 Å². The predicted molar refractivity (Wildman–Crippen MR) is 58.9 cm³/mol. The molecule has 0 bridgehead atoms. The molecular formula is C9H15N3OS. The van der Waals surface area contributed by atoms with Crippen LogP contribution >= 0.6 is 11.8 Å². The summed E-state index contributed by atoms with van der Waals surface area (Å²) < 4.78 is 4.98. The van der Waals surface area contributed by atoms with Crippen molar-refractivity contribution in [3.63, 3.8) is 0 Å². The number of nitrogens with one attached hydrogen (secondary N) is 1. The molecule has 0 aromatic carbocycles. The molecule has 0 unspecified atom stereocenters. The zero-order valence-corrected chi connectivity index (χ0v) is 9.52. The second-order valence-corrected chi connectivity index (χ2v) is 3.86. The average molecular weight is 213 g/mol. The molecule has 1 aromatic rings. The van der Waals surface area contributed by atoms with Crippen molar-refractivity contribution < 1.29 is 4.74 Å². The topological polar surface area (TPSA) is 47.0 Å². The first-order valence-corrected chi connectivity index (χ1v) is 5.39. The van der Waals surface area contributed by atoms with Crippen molar-refractivity contribution >= 4 is 17.7 Å². The first-order valence-electron chi connectivity index (χ1n) is 4.41. The molecule has 1 heterocycles. The van der Waals surface area contributed by atoms with E-state index in [1.165, 1.54) is 0 Å². The predicted octanol–water partition coefficient (Wildman–Crippen LogP) is 1.57. The van der Waals surface area contributed by atoms with E-state index in [-0.39, 0.29) is 0 Å². The van der Waals surface area contributed by atoms with Crippen LogP contribution in [0.2, 0.25) is 0 Å². The summed E-state index contributed by atoms with van der Waals surface area (Å²) in [6.07, 6.45) is 1.83. The number of hydrogen-bond donors (Lipinski definition) is 1. The summed E-state index contributed by atoms with van der Waals surface area (Å²) in [6, 6.07) is 0. The molecule has 0 fully saturated rings. The zero-order chi connectivity index (χ0) is 10.4. The van der Waals surface area contributed by atoms with E-state index in [4.69, 9.17) is 4.74 Å². The van der Waals surface area contributed by atoms with E-state index in [1.807, 2.05) is 20.2 Å². The number of anilines is 1. The Bertz CT molecular complexity index is 293. The van der Waals surface area contributed by atoms with E-state index in [1.54, 1.807) is 18.9 Å². The van der Waals surface area contributed by atoms with Crippen LogP contribution in [0.25, 0.3) is 0 Å². The Balaban J connectivity index is 2.64. The monoisotopic (exact) mass is 213 g/mol. The minimum absolute atomic E-state index is 0.663. The molecule has 0 spiro atoms. The third kappa shape index (κ3) is 3.16. The van der Waals surface area contributed by atoms with Gasteiger partial charge in [-0.25, -0.2) is 9.97 Å². The van der Waals surface area contributed by atoms with Gasteiger partial charge in [0.25, 0.3) is 0 Å². The van der Waals surface area contributed by atoms with E-state index < -0.39 is 0 Å². The molecule has 78 valence electrons. The van der Waals surface area contributed by atoms with Crippen LogP contribution in [0.15, 0.2) is 11.2 Å². The third-order valence-electron chi connectivity index (χ3n) is 1.68. The van der Waals surface area contributed by atoms with Crippen LogP contribution in [0.3, 0.4) is 0 Å². The van der Waals surface area contributed by atoms with Gasteiger partial charge in [-0.1, -0.05) is 0 Å². The molecule has 4 nitrogen and oxygen atoms in total. The van der Waals surface area contributed by atoms with Crippen molar-refractivity contribution in [2.45, 2.75) is 11.9 Å². The molecule has 14 heavy (non-hydrogen) atoms. The summed E-state index contributed by atoms with van der Waals surface area (Å²) in [5.41, 5.74) is 1.10. The number of aromatic nitrogens is 2. The van der Waals surface area contributed by atoms with Crippen LogP contribution in [0.5, 0.6) is 0 Å². The average Bonchev–Trinajstić information content (AvgIpc) is 2.21. The van der Waals surface area contributed by atoms with E-state index in [0.717, 1.165) is 22.9 Å². The molecule has 0 aliphatic rings. The first-order chi connectivity index (χ1) is 6.77. The van der Waals surface area contributed by atoms with Gasteiger partial charge < -0.3 is 10.1 Å². The van der Waals surface area contributed by atoms with E-state index in [9.17, 15) is 0 Å². The van der Waals surface area contributed by atoms with E-state index in [0.29, 0.717) is 5.95 Å². The number of aryl methyl sites for hydroxylation is 1. The van der Waals surface area contributed by atoms with Gasteiger partial charge in [-0.3, -0.25) is 0 Å². The maximum atomic E-state index is 4.98. The molecule has 0 saturated heterocycles. The Morgan fingerprint density at radius 3 is 3.00 bits per heavy atom. The maximum absolute atomic E-state index is 4.98. The largest absolute Gasteiger partial charge is 0.384 e. The number of hydrogen-bond acceptors (Lipinski definition) is 5. The third-order valence-corrected chi connectivity index (χ3v) is 2.73. The lowest BCUT2D eigenvalue weighted by molar-refractivity contribution is 0.218. The van der Waals surface area contributed by atoms with Crippen molar-refractivity contribution in [2.75, 3.05) is 31.8 Å². The van der Waals surface area contributed by atoms with Gasteiger partial charge in [0.1, 0.15) is 5.03 Å². The molecule has 0 saturated carbocycles. The second kappa shape index (κ2) is 5.82. The maximum Gasteiger partial charge on any atom is 0.223 e. The van der Waals surface area contributed by atoms with Gasteiger partial charge >= 0.3 is 0 Å².